The molecule has 19 heavy (non-hydrogen) atoms. The average molecular weight is 266 g/mol. The number of likely N-dealkylation sites (tertiary alicyclic amines) is 2. The standard InChI is InChI=1S/C15H26N2O2/c1-15(2)9-13(18)11-17(15)14(19)7-6-12-5-4-8-16(3)10-12/h12H,4-11H2,1-3H3. The lowest BCUT2D eigenvalue weighted by molar-refractivity contribution is -0.135. The van der Waals surface area contributed by atoms with Crippen LogP contribution in [0.2, 0.25) is 0 Å². The Bertz CT molecular complexity index is 365. The van der Waals surface area contributed by atoms with Gasteiger partial charge in [0.05, 0.1) is 6.54 Å². The summed E-state index contributed by atoms with van der Waals surface area (Å²) in [5.41, 5.74) is -0.280. The Morgan fingerprint density at radius 2 is 2.16 bits per heavy atom. The maximum Gasteiger partial charge on any atom is 0.223 e. The summed E-state index contributed by atoms with van der Waals surface area (Å²) in [6, 6.07) is 0. The second-order valence-corrected chi connectivity index (χ2v) is 6.82. The van der Waals surface area contributed by atoms with Crippen LogP contribution in [0.25, 0.3) is 0 Å². The number of rotatable bonds is 3. The maximum absolute atomic E-state index is 12.3. The second kappa shape index (κ2) is 5.61. The molecule has 2 saturated heterocycles. The summed E-state index contributed by atoms with van der Waals surface area (Å²) in [6.45, 7) is 6.58. The van der Waals surface area contributed by atoms with Crippen LogP contribution in [0.1, 0.15) is 46.0 Å². The first-order valence-electron chi connectivity index (χ1n) is 7.39. The number of piperidine rings is 1. The van der Waals surface area contributed by atoms with E-state index in [0.29, 0.717) is 25.3 Å². The zero-order chi connectivity index (χ0) is 14.0. The highest BCUT2D eigenvalue weighted by atomic mass is 16.2. The van der Waals surface area contributed by atoms with Crippen molar-refractivity contribution in [3.8, 4) is 0 Å². The molecule has 2 rings (SSSR count). The summed E-state index contributed by atoms with van der Waals surface area (Å²) in [5.74, 6) is 0.990. The minimum atomic E-state index is -0.280. The lowest BCUT2D eigenvalue weighted by Crippen LogP contribution is -2.43. The number of carbonyl (C=O) groups is 2. The van der Waals surface area contributed by atoms with E-state index in [-0.39, 0.29) is 17.2 Å². The normalized spacial score (nSPS) is 27.8. The molecule has 4 nitrogen and oxygen atoms in total. The van der Waals surface area contributed by atoms with Gasteiger partial charge in [-0.3, -0.25) is 9.59 Å². The predicted molar refractivity (Wildman–Crippen MR) is 74.9 cm³/mol. The average Bonchev–Trinajstić information content (AvgIpc) is 2.59. The Hall–Kier alpha value is -0.900. The Labute approximate surface area is 116 Å². The summed E-state index contributed by atoms with van der Waals surface area (Å²) in [7, 11) is 2.15. The van der Waals surface area contributed by atoms with Crippen molar-refractivity contribution in [2.24, 2.45) is 5.92 Å². The molecule has 0 aromatic carbocycles. The molecule has 2 aliphatic rings. The number of amides is 1. The number of hydrogen-bond donors (Lipinski definition) is 0. The molecule has 0 saturated carbocycles. The molecule has 1 atom stereocenters. The number of hydrogen-bond acceptors (Lipinski definition) is 3. The van der Waals surface area contributed by atoms with Gasteiger partial charge in [-0.1, -0.05) is 0 Å². The number of ketones is 1. The van der Waals surface area contributed by atoms with Gasteiger partial charge >= 0.3 is 0 Å². The third-order valence-corrected chi connectivity index (χ3v) is 4.48. The quantitative estimate of drug-likeness (QED) is 0.780. The van der Waals surface area contributed by atoms with Gasteiger partial charge in [0.15, 0.2) is 5.78 Å². The molecule has 0 radical (unpaired) electrons. The van der Waals surface area contributed by atoms with Gasteiger partial charge in [-0.15, -0.1) is 0 Å². The fourth-order valence-corrected chi connectivity index (χ4v) is 3.42. The minimum absolute atomic E-state index is 0.157. The predicted octanol–water partition coefficient (Wildman–Crippen LogP) is 1.69. The van der Waals surface area contributed by atoms with Crippen LogP contribution < -0.4 is 0 Å². The van der Waals surface area contributed by atoms with Crippen molar-refractivity contribution >= 4 is 11.7 Å². The van der Waals surface area contributed by atoms with Crippen molar-refractivity contribution in [3.63, 3.8) is 0 Å². The van der Waals surface area contributed by atoms with Crippen LogP contribution >= 0.6 is 0 Å². The van der Waals surface area contributed by atoms with Crippen LogP contribution in [0.3, 0.4) is 0 Å². The summed E-state index contributed by atoms with van der Waals surface area (Å²) < 4.78 is 0. The molecule has 0 aromatic heterocycles. The highest BCUT2D eigenvalue weighted by Gasteiger charge is 2.40. The molecule has 1 amide bonds. The van der Waals surface area contributed by atoms with Crippen molar-refractivity contribution in [2.75, 3.05) is 26.7 Å². The molecule has 2 fully saturated rings. The van der Waals surface area contributed by atoms with E-state index in [4.69, 9.17) is 0 Å². The Kier molecular flexibility index (Phi) is 4.29. The first kappa shape index (κ1) is 14.5. The largest absolute Gasteiger partial charge is 0.330 e. The Balaban J connectivity index is 1.83. The van der Waals surface area contributed by atoms with Gasteiger partial charge in [0.1, 0.15) is 0 Å². The molecule has 108 valence electrons. The van der Waals surface area contributed by atoms with Gasteiger partial charge in [-0.2, -0.15) is 0 Å². The zero-order valence-corrected chi connectivity index (χ0v) is 12.4. The zero-order valence-electron chi connectivity index (χ0n) is 12.4. The molecule has 0 aromatic rings. The van der Waals surface area contributed by atoms with Crippen LogP contribution in [0.4, 0.5) is 0 Å². The lowest BCUT2D eigenvalue weighted by atomic mass is 9.93. The number of Topliss-reactive ketones (excluding diaryl/α,β-unsaturated/α-hetero) is 1. The van der Waals surface area contributed by atoms with E-state index in [1.165, 1.54) is 19.4 Å². The second-order valence-electron chi connectivity index (χ2n) is 6.82. The molecule has 2 heterocycles. The van der Waals surface area contributed by atoms with Crippen molar-refractivity contribution in [1.29, 1.82) is 0 Å². The molecule has 0 aliphatic carbocycles. The van der Waals surface area contributed by atoms with Gasteiger partial charge in [-0.25, -0.2) is 0 Å². The third kappa shape index (κ3) is 3.56. The van der Waals surface area contributed by atoms with E-state index in [9.17, 15) is 9.59 Å². The van der Waals surface area contributed by atoms with Crippen molar-refractivity contribution in [1.82, 2.24) is 9.80 Å². The fraction of sp³-hybridized carbons (Fsp3) is 0.867. The molecule has 4 heteroatoms. The van der Waals surface area contributed by atoms with Gasteiger partial charge in [0.25, 0.3) is 0 Å². The van der Waals surface area contributed by atoms with E-state index in [0.717, 1.165) is 13.0 Å². The molecule has 0 spiro atoms. The molecule has 1 unspecified atom stereocenters. The minimum Gasteiger partial charge on any atom is -0.330 e. The van der Waals surface area contributed by atoms with Gasteiger partial charge in [0.2, 0.25) is 5.91 Å². The van der Waals surface area contributed by atoms with Gasteiger partial charge < -0.3 is 9.80 Å². The summed E-state index contributed by atoms with van der Waals surface area (Å²) >= 11 is 0. The van der Waals surface area contributed by atoms with E-state index >= 15 is 0 Å². The Morgan fingerprint density at radius 1 is 1.42 bits per heavy atom. The van der Waals surface area contributed by atoms with Crippen LogP contribution in [-0.2, 0) is 9.59 Å². The first-order valence-corrected chi connectivity index (χ1v) is 7.39. The molecular weight excluding hydrogens is 240 g/mol. The SMILES string of the molecule is CN1CCCC(CCC(=O)N2CC(=O)CC2(C)C)C1. The Morgan fingerprint density at radius 3 is 2.74 bits per heavy atom. The summed E-state index contributed by atoms with van der Waals surface area (Å²) in [4.78, 5) is 27.9. The molecule has 0 N–H and O–H groups in total. The monoisotopic (exact) mass is 266 g/mol. The van der Waals surface area contributed by atoms with Crippen molar-refractivity contribution in [3.05, 3.63) is 0 Å². The summed E-state index contributed by atoms with van der Waals surface area (Å²) in [6.07, 6.45) is 4.53. The molecular formula is C15H26N2O2. The number of nitrogens with zero attached hydrogens (tertiary/aromatic N) is 2. The van der Waals surface area contributed by atoms with Crippen LogP contribution in [-0.4, -0.2) is 53.7 Å². The first-order chi connectivity index (χ1) is 8.88. The van der Waals surface area contributed by atoms with E-state index in [1.807, 2.05) is 13.8 Å². The van der Waals surface area contributed by atoms with Crippen LogP contribution in [0, 0.1) is 5.92 Å². The van der Waals surface area contributed by atoms with Crippen LogP contribution in [0.5, 0.6) is 0 Å². The maximum atomic E-state index is 12.3. The number of carbonyl (C=O) groups excluding carboxylic acids is 2. The summed E-state index contributed by atoms with van der Waals surface area (Å²) in [5, 5.41) is 0. The van der Waals surface area contributed by atoms with Gasteiger partial charge in [0, 0.05) is 24.9 Å². The smallest absolute Gasteiger partial charge is 0.223 e. The lowest BCUT2D eigenvalue weighted by Gasteiger charge is -2.32. The highest BCUT2D eigenvalue weighted by molar-refractivity contribution is 5.91. The molecule has 0 bridgehead atoms. The molecule has 2 aliphatic heterocycles. The van der Waals surface area contributed by atoms with Crippen LogP contribution in [0.15, 0.2) is 0 Å². The fourth-order valence-electron chi connectivity index (χ4n) is 3.42. The topological polar surface area (TPSA) is 40.6 Å². The van der Waals surface area contributed by atoms with E-state index in [1.54, 1.807) is 4.90 Å². The van der Waals surface area contributed by atoms with Gasteiger partial charge in [-0.05, 0) is 52.6 Å². The van der Waals surface area contributed by atoms with E-state index in [2.05, 4.69) is 11.9 Å². The van der Waals surface area contributed by atoms with E-state index < -0.39 is 0 Å². The van der Waals surface area contributed by atoms with Crippen molar-refractivity contribution in [2.45, 2.75) is 51.5 Å². The highest BCUT2D eigenvalue weighted by Crippen LogP contribution is 2.28. The third-order valence-electron chi connectivity index (χ3n) is 4.48. The van der Waals surface area contributed by atoms with Crippen molar-refractivity contribution < 1.29 is 9.59 Å².